The molecule has 1 aromatic carbocycles. The minimum Gasteiger partial charge on any atom is -0.375 e. The van der Waals surface area contributed by atoms with Gasteiger partial charge >= 0.3 is 0 Å². The van der Waals surface area contributed by atoms with Crippen LogP contribution in [0.15, 0.2) is 30.3 Å². The van der Waals surface area contributed by atoms with Crippen LogP contribution in [0.25, 0.3) is 0 Å². The second kappa shape index (κ2) is 5.07. The molecule has 0 aliphatic rings. The predicted octanol–water partition coefficient (Wildman–Crippen LogP) is 5.02. The first-order chi connectivity index (χ1) is 8.06. The zero-order chi connectivity index (χ0) is 12.4. The zero-order valence-electron chi connectivity index (χ0n) is 9.63. The van der Waals surface area contributed by atoms with Crippen LogP contribution in [-0.2, 0) is 0 Å². The van der Waals surface area contributed by atoms with Crippen LogP contribution in [-0.4, -0.2) is 0 Å². The lowest BCUT2D eigenvalue weighted by Crippen LogP contribution is -2.06. The molecule has 0 aliphatic carbocycles. The number of aryl methyl sites for hydroxylation is 1. The Kier molecular flexibility index (Phi) is 3.69. The Morgan fingerprint density at radius 1 is 1.29 bits per heavy atom. The van der Waals surface area contributed by atoms with Crippen molar-refractivity contribution in [2.45, 2.75) is 19.9 Å². The Labute approximate surface area is 109 Å². The van der Waals surface area contributed by atoms with Crippen LogP contribution in [0.3, 0.4) is 0 Å². The summed E-state index contributed by atoms with van der Waals surface area (Å²) in [5, 5.41) is 3.16. The van der Waals surface area contributed by atoms with Crippen molar-refractivity contribution in [3.63, 3.8) is 0 Å². The summed E-state index contributed by atoms with van der Waals surface area (Å²) >= 11 is 7.39. The van der Waals surface area contributed by atoms with Crippen LogP contribution < -0.4 is 5.32 Å². The maximum Gasteiger partial charge on any atom is 0.146 e. The zero-order valence-corrected chi connectivity index (χ0v) is 11.2. The van der Waals surface area contributed by atoms with E-state index in [0.29, 0.717) is 5.69 Å². The van der Waals surface area contributed by atoms with Crippen LogP contribution in [0.2, 0.25) is 4.34 Å². The molecule has 1 aromatic heterocycles. The Hall–Kier alpha value is -1.06. The number of halogens is 2. The molecule has 17 heavy (non-hydrogen) atoms. The van der Waals surface area contributed by atoms with Gasteiger partial charge in [-0.15, -0.1) is 11.3 Å². The third-order valence-electron chi connectivity index (χ3n) is 2.51. The van der Waals surface area contributed by atoms with Crippen molar-refractivity contribution in [1.82, 2.24) is 0 Å². The van der Waals surface area contributed by atoms with Gasteiger partial charge in [0.1, 0.15) is 5.82 Å². The SMILES string of the molecule is Cc1ccc(F)c(NC(C)c2ccc(Cl)s2)c1. The minimum atomic E-state index is -0.231. The molecule has 2 aromatic rings. The van der Waals surface area contributed by atoms with Gasteiger partial charge < -0.3 is 5.32 Å². The molecule has 1 N–H and O–H groups in total. The number of hydrogen-bond donors (Lipinski definition) is 1. The number of anilines is 1. The largest absolute Gasteiger partial charge is 0.375 e. The minimum absolute atomic E-state index is 0.0452. The van der Waals surface area contributed by atoms with Gasteiger partial charge in [-0.3, -0.25) is 0 Å². The molecule has 1 unspecified atom stereocenters. The maximum atomic E-state index is 13.6. The highest BCUT2D eigenvalue weighted by atomic mass is 35.5. The lowest BCUT2D eigenvalue weighted by Gasteiger charge is -2.14. The van der Waals surface area contributed by atoms with E-state index in [1.807, 2.05) is 26.0 Å². The van der Waals surface area contributed by atoms with Crippen molar-refractivity contribution in [2.75, 3.05) is 5.32 Å². The summed E-state index contributed by atoms with van der Waals surface area (Å²) in [6.07, 6.45) is 0. The lowest BCUT2D eigenvalue weighted by atomic mass is 10.2. The average molecular weight is 270 g/mol. The van der Waals surface area contributed by atoms with Crippen molar-refractivity contribution in [3.8, 4) is 0 Å². The molecule has 0 bridgehead atoms. The number of rotatable bonds is 3. The van der Waals surface area contributed by atoms with E-state index in [9.17, 15) is 4.39 Å². The number of thiophene rings is 1. The monoisotopic (exact) mass is 269 g/mol. The molecule has 0 spiro atoms. The molecule has 0 amide bonds. The number of nitrogens with one attached hydrogen (secondary N) is 1. The second-order valence-electron chi connectivity index (χ2n) is 3.99. The highest BCUT2D eigenvalue weighted by Crippen LogP contribution is 2.29. The summed E-state index contributed by atoms with van der Waals surface area (Å²) in [6.45, 7) is 3.93. The maximum absolute atomic E-state index is 13.6. The third kappa shape index (κ3) is 2.99. The molecule has 1 nitrogen and oxygen atoms in total. The average Bonchev–Trinajstić information content (AvgIpc) is 2.70. The van der Waals surface area contributed by atoms with Gasteiger partial charge in [-0.25, -0.2) is 4.39 Å². The first-order valence-electron chi connectivity index (χ1n) is 5.34. The van der Waals surface area contributed by atoms with E-state index in [1.54, 1.807) is 12.1 Å². The van der Waals surface area contributed by atoms with Gasteiger partial charge in [-0.1, -0.05) is 17.7 Å². The van der Waals surface area contributed by atoms with E-state index in [1.165, 1.54) is 17.4 Å². The van der Waals surface area contributed by atoms with Gasteiger partial charge in [0.2, 0.25) is 0 Å². The van der Waals surface area contributed by atoms with Crippen LogP contribution in [0.5, 0.6) is 0 Å². The van der Waals surface area contributed by atoms with Crippen molar-refractivity contribution in [3.05, 3.63) is 50.9 Å². The molecule has 0 aliphatic heterocycles. The summed E-state index contributed by atoms with van der Waals surface area (Å²) in [5.41, 5.74) is 1.56. The Morgan fingerprint density at radius 3 is 2.71 bits per heavy atom. The van der Waals surface area contributed by atoms with E-state index in [4.69, 9.17) is 11.6 Å². The van der Waals surface area contributed by atoms with E-state index in [-0.39, 0.29) is 11.9 Å². The Balaban J connectivity index is 2.18. The summed E-state index contributed by atoms with van der Waals surface area (Å²) < 4.78 is 14.3. The van der Waals surface area contributed by atoms with E-state index in [0.717, 1.165) is 14.8 Å². The van der Waals surface area contributed by atoms with Gasteiger partial charge in [0.15, 0.2) is 0 Å². The molecule has 1 heterocycles. The summed E-state index contributed by atoms with van der Waals surface area (Å²) in [7, 11) is 0. The van der Waals surface area contributed by atoms with Gasteiger partial charge in [0.25, 0.3) is 0 Å². The number of benzene rings is 1. The van der Waals surface area contributed by atoms with Crippen molar-refractivity contribution in [1.29, 1.82) is 0 Å². The topological polar surface area (TPSA) is 12.0 Å². The lowest BCUT2D eigenvalue weighted by molar-refractivity contribution is 0.627. The second-order valence-corrected chi connectivity index (χ2v) is 5.74. The molecule has 4 heteroatoms. The smallest absolute Gasteiger partial charge is 0.146 e. The quantitative estimate of drug-likeness (QED) is 0.825. The van der Waals surface area contributed by atoms with E-state index in [2.05, 4.69) is 5.32 Å². The molecular weight excluding hydrogens is 257 g/mol. The van der Waals surface area contributed by atoms with Crippen LogP contribution in [0.4, 0.5) is 10.1 Å². The van der Waals surface area contributed by atoms with Crippen molar-refractivity contribution >= 4 is 28.6 Å². The van der Waals surface area contributed by atoms with Gasteiger partial charge in [-0.2, -0.15) is 0 Å². The van der Waals surface area contributed by atoms with Crippen LogP contribution in [0.1, 0.15) is 23.4 Å². The normalized spacial score (nSPS) is 12.5. The predicted molar refractivity (Wildman–Crippen MR) is 72.5 cm³/mol. The van der Waals surface area contributed by atoms with Crippen LogP contribution >= 0.6 is 22.9 Å². The van der Waals surface area contributed by atoms with Crippen molar-refractivity contribution < 1.29 is 4.39 Å². The Bertz CT molecular complexity index is 524. The molecule has 0 radical (unpaired) electrons. The standard InChI is InChI=1S/C13H13ClFNS/c1-8-3-4-10(15)11(7-8)16-9(2)12-5-6-13(14)17-12/h3-7,9,16H,1-2H3. The molecule has 1 atom stereocenters. The molecular formula is C13H13ClFNS. The fraction of sp³-hybridized carbons (Fsp3) is 0.231. The summed E-state index contributed by atoms with van der Waals surface area (Å²) in [4.78, 5) is 1.09. The third-order valence-corrected chi connectivity index (χ3v) is 3.93. The van der Waals surface area contributed by atoms with E-state index >= 15 is 0 Å². The fourth-order valence-electron chi connectivity index (χ4n) is 1.62. The summed E-state index contributed by atoms with van der Waals surface area (Å²) in [6, 6.07) is 8.90. The molecule has 0 saturated carbocycles. The van der Waals surface area contributed by atoms with Crippen LogP contribution in [0, 0.1) is 12.7 Å². The van der Waals surface area contributed by atoms with Gasteiger partial charge in [-0.05, 0) is 43.7 Å². The van der Waals surface area contributed by atoms with Gasteiger partial charge in [0.05, 0.1) is 16.1 Å². The first kappa shape index (κ1) is 12.4. The summed E-state index contributed by atoms with van der Waals surface area (Å²) in [5.74, 6) is -0.231. The molecule has 0 saturated heterocycles. The number of hydrogen-bond acceptors (Lipinski definition) is 2. The van der Waals surface area contributed by atoms with E-state index < -0.39 is 0 Å². The molecule has 0 fully saturated rings. The van der Waals surface area contributed by atoms with Crippen molar-refractivity contribution in [2.24, 2.45) is 0 Å². The highest BCUT2D eigenvalue weighted by molar-refractivity contribution is 7.16. The molecule has 2 rings (SSSR count). The highest BCUT2D eigenvalue weighted by Gasteiger charge is 2.10. The van der Waals surface area contributed by atoms with Gasteiger partial charge in [0, 0.05) is 4.88 Å². The Morgan fingerprint density at radius 2 is 2.06 bits per heavy atom. The first-order valence-corrected chi connectivity index (χ1v) is 6.53. The fourth-order valence-corrected chi connectivity index (χ4v) is 2.68. The molecule has 90 valence electrons.